The first-order chi connectivity index (χ1) is 13.5. The third kappa shape index (κ3) is 5.68. The molecule has 0 aromatic heterocycles. The van der Waals surface area contributed by atoms with Crippen molar-refractivity contribution in [3.05, 3.63) is 28.8 Å². The lowest BCUT2D eigenvalue weighted by atomic mass is 10.2. The summed E-state index contributed by atoms with van der Waals surface area (Å²) in [6, 6.07) is 6.87. The topological polar surface area (TPSA) is 79.7 Å². The lowest BCUT2D eigenvalue weighted by Gasteiger charge is -2.23. The fourth-order valence-corrected chi connectivity index (χ4v) is 3.88. The SMILES string of the molecule is N#Cc1ccc(Cl)cc1NC(=O)CN1CCCN(CC(=O)N2CCCC2)CC1. The van der Waals surface area contributed by atoms with Gasteiger partial charge in [-0.1, -0.05) is 11.6 Å². The molecule has 2 fully saturated rings. The summed E-state index contributed by atoms with van der Waals surface area (Å²) in [5.41, 5.74) is 0.827. The van der Waals surface area contributed by atoms with Crippen LogP contribution < -0.4 is 5.32 Å². The average Bonchev–Trinajstić information content (AvgIpc) is 3.12. The summed E-state index contributed by atoms with van der Waals surface area (Å²) in [6.07, 6.45) is 3.13. The highest BCUT2D eigenvalue weighted by molar-refractivity contribution is 6.31. The molecule has 3 rings (SSSR count). The Kier molecular flexibility index (Phi) is 7.26. The minimum atomic E-state index is -0.166. The van der Waals surface area contributed by atoms with Gasteiger partial charge in [0, 0.05) is 31.2 Å². The number of likely N-dealkylation sites (tertiary alicyclic amines) is 1. The molecule has 0 atom stereocenters. The zero-order valence-electron chi connectivity index (χ0n) is 16.0. The number of nitrogens with one attached hydrogen (secondary N) is 1. The summed E-state index contributed by atoms with van der Waals surface area (Å²) in [5.74, 6) is 0.0500. The van der Waals surface area contributed by atoms with Crippen LogP contribution in [-0.4, -0.2) is 78.9 Å². The monoisotopic (exact) mass is 403 g/mol. The van der Waals surface area contributed by atoms with Gasteiger partial charge in [-0.25, -0.2) is 0 Å². The largest absolute Gasteiger partial charge is 0.342 e. The predicted molar refractivity (Wildman–Crippen MR) is 108 cm³/mol. The van der Waals surface area contributed by atoms with Crippen molar-refractivity contribution >= 4 is 29.1 Å². The minimum Gasteiger partial charge on any atom is -0.342 e. The van der Waals surface area contributed by atoms with E-state index >= 15 is 0 Å². The second kappa shape index (κ2) is 9.87. The molecule has 0 bridgehead atoms. The first-order valence-corrected chi connectivity index (χ1v) is 10.1. The number of carbonyl (C=O) groups excluding carboxylic acids is 2. The molecular formula is C20H26ClN5O2. The van der Waals surface area contributed by atoms with Crippen molar-refractivity contribution in [2.24, 2.45) is 0 Å². The van der Waals surface area contributed by atoms with Gasteiger partial charge in [-0.05, 0) is 50.6 Å². The van der Waals surface area contributed by atoms with Crippen molar-refractivity contribution in [1.29, 1.82) is 5.26 Å². The van der Waals surface area contributed by atoms with Gasteiger partial charge in [-0.15, -0.1) is 0 Å². The smallest absolute Gasteiger partial charge is 0.238 e. The molecule has 1 aromatic rings. The Balaban J connectivity index is 1.48. The lowest BCUT2D eigenvalue weighted by Crippen LogP contribution is -2.41. The van der Waals surface area contributed by atoms with E-state index in [4.69, 9.17) is 16.9 Å². The summed E-state index contributed by atoms with van der Waals surface area (Å²) >= 11 is 5.97. The number of rotatable bonds is 5. The van der Waals surface area contributed by atoms with Crippen molar-refractivity contribution in [3.8, 4) is 6.07 Å². The van der Waals surface area contributed by atoms with Crippen molar-refractivity contribution in [2.75, 3.05) is 57.7 Å². The first-order valence-electron chi connectivity index (χ1n) is 9.77. The Morgan fingerprint density at radius 1 is 1.00 bits per heavy atom. The molecule has 0 unspecified atom stereocenters. The quantitative estimate of drug-likeness (QED) is 0.810. The molecule has 1 aromatic carbocycles. The summed E-state index contributed by atoms with van der Waals surface area (Å²) in [6.45, 7) is 5.67. The van der Waals surface area contributed by atoms with Crippen molar-refractivity contribution in [1.82, 2.24) is 14.7 Å². The van der Waals surface area contributed by atoms with Crippen LogP contribution in [0.1, 0.15) is 24.8 Å². The zero-order valence-corrected chi connectivity index (χ0v) is 16.7. The Hall–Kier alpha value is -2.14. The van der Waals surface area contributed by atoms with Gasteiger partial charge in [-0.2, -0.15) is 5.26 Å². The second-order valence-corrected chi connectivity index (χ2v) is 7.78. The molecule has 2 heterocycles. The highest BCUT2D eigenvalue weighted by atomic mass is 35.5. The number of halogens is 1. The van der Waals surface area contributed by atoms with Crippen molar-refractivity contribution in [3.63, 3.8) is 0 Å². The molecule has 7 nitrogen and oxygen atoms in total. The molecule has 0 aliphatic carbocycles. The van der Waals surface area contributed by atoms with E-state index in [1.807, 2.05) is 4.90 Å². The third-order valence-corrected chi connectivity index (χ3v) is 5.48. The van der Waals surface area contributed by atoms with E-state index in [9.17, 15) is 9.59 Å². The summed E-state index contributed by atoms with van der Waals surface area (Å²) in [4.78, 5) is 31.0. The van der Waals surface area contributed by atoms with Gasteiger partial charge in [0.15, 0.2) is 0 Å². The molecule has 2 aliphatic heterocycles. The molecule has 0 saturated carbocycles. The van der Waals surface area contributed by atoms with Crippen LogP contribution in [0.5, 0.6) is 0 Å². The highest BCUT2D eigenvalue weighted by Gasteiger charge is 2.23. The van der Waals surface area contributed by atoms with E-state index < -0.39 is 0 Å². The van der Waals surface area contributed by atoms with Crippen LogP contribution in [0.3, 0.4) is 0 Å². The van der Waals surface area contributed by atoms with E-state index in [1.165, 1.54) is 0 Å². The van der Waals surface area contributed by atoms with Crippen LogP contribution in [0.25, 0.3) is 0 Å². The molecule has 0 radical (unpaired) electrons. The number of benzene rings is 1. The van der Waals surface area contributed by atoms with E-state index in [1.54, 1.807) is 18.2 Å². The van der Waals surface area contributed by atoms with Gasteiger partial charge in [0.2, 0.25) is 11.8 Å². The van der Waals surface area contributed by atoms with Crippen LogP contribution in [0.2, 0.25) is 5.02 Å². The van der Waals surface area contributed by atoms with Crippen molar-refractivity contribution in [2.45, 2.75) is 19.3 Å². The fourth-order valence-electron chi connectivity index (χ4n) is 3.71. The Morgan fingerprint density at radius 3 is 2.36 bits per heavy atom. The number of amides is 2. The molecule has 0 spiro atoms. The Labute approximate surface area is 170 Å². The molecule has 2 saturated heterocycles. The fraction of sp³-hybridized carbons (Fsp3) is 0.550. The van der Waals surface area contributed by atoms with Crippen molar-refractivity contribution < 1.29 is 9.59 Å². The third-order valence-electron chi connectivity index (χ3n) is 5.24. The first kappa shape index (κ1) is 20.6. The second-order valence-electron chi connectivity index (χ2n) is 7.34. The Morgan fingerprint density at radius 2 is 1.68 bits per heavy atom. The molecule has 150 valence electrons. The number of carbonyl (C=O) groups is 2. The summed E-state index contributed by atoms with van der Waals surface area (Å²) in [7, 11) is 0. The lowest BCUT2D eigenvalue weighted by molar-refractivity contribution is -0.131. The van der Waals surface area contributed by atoms with Gasteiger partial charge in [0.1, 0.15) is 6.07 Å². The molecule has 2 aliphatic rings. The van der Waals surface area contributed by atoms with Gasteiger partial charge in [-0.3, -0.25) is 19.4 Å². The van der Waals surface area contributed by atoms with Crippen LogP contribution in [0.4, 0.5) is 5.69 Å². The average molecular weight is 404 g/mol. The van der Waals surface area contributed by atoms with Crippen LogP contribution >= 0.6 is 11.6 Å². The summed E-state index contributed by atoms with van der Waals surface area (Å²) < 4.78 is 0. The predicted octanol–water partition coefficient (Wildman–Crippen LogP) is 1.78. The van der Waals surface area contributed by atoms with Crippen LogP contribution in [0.15, 0.2) is 18.2 Å². The van der Waals surface area contributed by atoms with E-state index in [0.29, 0.717) is 22.8 Å². The summed E-state index contributed by atoms with van der Waals surface area (Å²) in [5, 5.41) is 12.4. The molecular weight excluding hydrogens is 378 g/mol. The van der Waals surface area contributed by atoms with Gasteiger partial charge < -0.3 is 10.2 Å². The van der Waals surface area contributed by atoms with Crippen LogP contribution in [-0.2, 0) is 9.59 Å². The number of nitriles is 1. The maximum absolute atomic E-state index is 12.4. The number of hydrogen-bond acceptors (Lipinski definition) is 5. The van der Waals surface area contributed by atoms with E-state index in [-0.39, 0.29) is 18.4 Å². The van der Waals surface area contributed by atoms with E-state index in [0.717, 1.165) is 58.5 Å². The van der Waals surface area contributed by atoms with Crippen LogP contribution in [0, 0.1) is 11.3 Å². The molecule has 2 amide bonds. The van der Waals surface area contributed by atoms with E-state index in [2.05, 4.69) is 21.2 Å². The Bertz CT molecular complexity index is 757. The standard InChI is InChI=1S/C20H26ClN5O2/c21-17-5-4-16(13-22)18(12-17)23-19(27)14-24-6-3-7-25(11-10-24)15-20(28)26-8-1-2-9-26/h4-5,12H,1-3,6-11,14-15H2,(H,23,27). The molecule has 1 N–H and O–H groups in total. The molecule has 8 heteroatoms. The highest BCUT2D eigenvalue weighted by Crippen LogP contribution is 2.20. The van der Waals surface area contributed by atoms with Gasteiger partial charge in [0.25, 0.3) is 0 Å². The minimum absolute atomic E-state index is 0.166. The maximum atomic E-state index is 12.4. The molecule has 28 heavy (non-hydrogen) atoms. The zero-order chi connectivity index (χ0) is 19.9. The van der Waals surface area contributed by atoms with Gasteiger partial charge >= 0.3 is 0 Å². The number of anilines is 1. The normalized spacial score (nSPS) is 18.5. The number of hydrogen-bond donors (Lipinski definition) is 1. The maximum Gasteiger partial charge on any atom is 0.238 e. The van der Waals surface area contributed by atoms with Gasteiger partial charge in [0.05, 0.1) is 24.3 Å². The number of nitrogens with zero attached hydrogens (tertiary/aromatic N) is 4.